The number of nitrogens with two attached hydrogens (primary N) is 2. The van der Waals surface area contributed by atoms with Crippen LogP contribution >= 0.6 is 0 Å². The average Bonchev–Trinajstić information content (AvgIpc) is 2.70. The Morgan fingerprint density at radius 1 is 1.40 bits per heavy atom. The smallest absolute Gasteiger partial charge is 0.116 e. The number of amidine groups is 1. The molecule has 15 heavy (non-hydrogen) atoms. The third-order valence-electron chi connectivity index (χ3n) is 3.29. The molecule has 0 aromatic rings. The lowest BCUT2D eigenvalue weighted by atomic mass is 9.86. The summed E-state index contributed by atoms with van der Waals surface area (Å²) >= 11 is 0. The molecule has 1 unspecified atom stereocenters. The highest BCUT2D eigenvalue weighted by molar-refractivity contribution is 5.90. The molecule has 1 atom stereocenters. The Kier molecular flexibility index (Phi) is 2.52. The van der Waals surface area contributed by atoms with Crippen LogP contribution in [-0.4, -0.2) is 29.4 Å². The van der Waals surface area contributed by atoms with Crippen LogP contribution in [0.15, 0.2) is 23.9 Å². The zero-order valence-electron chi connectivity index (χ0n) is 8.87. The van der Waals surface area contributed by atoms with Gasteiger partial charge in [0, 0.05) is 12.1 Å². The molecule has 1 aliphatic heterocycles. The highest BCUT2D eigenvalue weighted by Gasteiger charge is 2.40. The maximum absolute atomic E-state index is 7.79. The quantitative estimate of drug-likeness (QED) is 0.456. The first kappa shape index (κ1) is 10.2. The second-order valence-electron chi connectivity index (χ2n) is 4.31. The van der Waals surface area contributed by atoms with Crippen molar-refractivity contribution in [1.29, 1.82) is 5.41 Å². The maximum Gasteiger partial charge on any atom is 0.116 e. The Labute approximate surface area is 90.1 Å². The minimum Gasteiger partial charge on any atom is -0.402 e. The van der Waals surface area contributed by atoms with Crippen LogP contribution in [0.25, 0.3) is 0 Å². The van der Waals surface area contributed by atoms with Gasteiger partial charge in [-0.2, -0.15) is 0 Å². The molecule has 2 rings (SSSR count). The number of rotatable bonds is 2. The topological polar surface area (TPSA) is 79.1 Å². The lowest BCUT2D eigenvalue weighted by molar-refractivity contribution is 0.226. The van der Waals surface area contributed by atoms with Crippen LogP contribution in [0.5, 0.6) is 0 Å². The highest BCUT2D eigenvalue weighted by Crippen LogP contribution is 2.30. The third kappa shape index (κ3) is 1.65. The van der Waals surface area contributed by atoms with E-state index in [9.17, 15) is 0 Å². The first-order valence-electron chi connectivity index (χ1n) is 5.38. The molecule has 82 valence electrons. The van der Waals surface area contributed by atoms with Gasteiger partial charge in [-0.25, -0.2) is 0 Å². The molecule has 5 N–H and O–H groups in total. The van der Waals surface area contributed by atoms with E-state index in [1.807, 2.05) is 18.2 Å². The lowest BCUT2D eigenvalue weighted by Crippen LogP contribution is -2.56. The SMILES string of the molecule is N=C(N)C1(N2CCCC2)C=CC=C(N)C1. The first-order valence-corrected chi connectivity index (χ1v) is 5.38. The summed E-state index contributed by atoms with van der Waals surface area (Å²) in [5, 5.41) is 7.79. The van der Waals surface area contributed by atoms with E-state index >= 15 is 0 Å². The number of likely N-dealkylation sites (tertiary alicyclic amines) is 1. The molecule has 1 aliphatic carbocycles. The number of hydrogen-bond donors (Lipinski definition) is 3. The van der Waals surface area contributed by atoms with Crippen molar-refractivity contribution in [1.82, 2.24) is 4.90 Å². The van der Waals surface area contributed by atoms with E-state index < -0.39 is 5.54 Å². The fourth-order valence-electron chi connectivity index (χ4n) is 2.45. The van der Waals surface area contributed by atoms with E-state index in [0.29, 0.717) is 6.42 Å². The van der Waals surface area contributed by atoms with Gasteiger partial charge in [-0.3, -0.25) is 10.3 Å². The second-order valence-corrected chi connectivity index (χ2v) is 4.31. The van der Waals surface area contributed by atoms with Gasteiger partial charge in [0.05, 0.1) is 0 Å². The number of allylic oxidation sites excluding steroid dienone is 2. The normalized spacial score (nSPS) is 31.6. The predicted molar refractivity (Wildman–Crippen MR) is 61.5 cm³/mol. The molecular weight excluding hydrogens is 188 g/mol. The molecule has 0 aromatic heterocycles. The molecule has 0 aromatic carbocycles. The van der Waals surface area contributed by atoms with Crippen molar-refractivity contribution in [2.75, 3.05) is 13.1 Å². The monoisotopic (exact) mass is 206 g/mol. The molecule has 0 bridgehead atoms. The van der Waals surface area contributed by atoms with Gasteiger partial charge in [0.2, 0.25) is 0 Å². The van der Waals surface area contributed by atoms with Crippen molar-refractivity contribution < 1.29 is 0 Å². The van der Waals surface area contributed by atoms with Gasteiger partial charge >= 0.3 is 0 Å². The predicted octanol–water partition coefficient (Wildman–Crippen LogP) is 0.559. The Hall–Kier alpha value is -1.29. The van der Waals surface area contributed by atoms with Crippen LogP contribution in [0.3, 0.4) is 0 Å². The first-order chi connectivity index (χ1) is 7.15. The van der Waals surface area contributed by atoms with Crippen molar-refractivity contribution in [3.8, 4) is 0 Å². The second kappa shape index (κ2) is 3.70. The van der Waals surface area contributed by atoms with Crippen LogP contribution in [0, 0.1) is 5.41 Å². The molecule has 1 saturated heterocycles. The van der Waals surface area contributed by atoms with Gasteiger partial charge in [-0.05, 0) is 32.0 Å². The molecule has 0 saturated carbocycles. The van der Waals surface area contributed by atoms with Crippen LogP contribution in [-0.2, 0) is 0 Å². The number of hydrogen-bond acceptors (Lipinski definition) is 3. The molecule has 0 amide bonds. The lowest BCUT2D eigenvalue weighted by Gasteiger charge is -2.40. The van der Waals surface area contributed by atoms with Crippen molar-refractivity contribution in [2.24, 2.45) is 11.5 Å². The molecular formula is C11H18N4. The fraction of sp³-hybridized carbons (Fsp3) is 0.545. The molecule has 0 radical (unpaired) electrons. The fourth-order valence-corrected chi connectivity index (χ4v) is 2.45. The van der Waals surface area contributed by atoms with Gasteiger partial charge in [-0.15, -0.1) is 0 Å². The van der Waals surface area contributed by atoms with Crippen molar-refractivity contribution in [3.63, 3.8) is 0 Å². The summed E-state index contributed by atoms with van der Waals surface area (Å²) in [5.74, 6) is 0.205. The van der Waals surface area contributed by atoms with Gasteiger partial charge in [-0.1, -0.05) is 12.2 Å². The summed E-state index contributed by atoms with van der Waals surface area (Å²) in [5.41, 5.74) is 12.0. The van der Waals surface area contributed by atoms with E-state index in [1.165, 1.54) is 12.8 Å². The van der Waals surface area contributed by atoms with Crippen LogP contribution in [0.2, 0.25) is 0 Å². The summed E-state index contributed by atoms with van der Waals surface area (Å²) < 4.78 is 0. The Morgan fingerprint density at radius 2 is 2.07 bits per heavy atom. The van der Waals surface area contributed by atoms with Crippen molar-refractivity contribution >= 4 is 5.84 Å². The molecule has 4 nitrogen and oxygen atoms in total. The van der Waals surface area contributed by atoms with Crippen LogP contribution < -0.4 is 11.5 Å². The zero-order valence-corrected chi connectivity index (χ0v) is 8.87. The summed E-state index contributed by atoms with van der Waals surface area (Å²) in [7, 11) is 0. The highest BCUT2D eigenvalue weighted by atomic mass is 15.2. The minimum absolute atomic E-state index is 0.205. The van der Waals surface area contributed by atoms with Gasteiger partial charge in [0.1, 0.15) is 11.4 Å². The van der Waals surface area contributed by atoms with Crippen LogP contribution in [0.1, 0.15) is 19.3 Å². The number of nitrogens with zero attached hydrogens (tertiary/aromatic N) is 1. The van der Waals surface area contributed by atoms with Crippen molar-refractivity contribution in [2.45, 2.75) is 24.8 Å². The largest absolute Gasteiger partial charge is 0.402 e. The summed E-state index contributed by atoms with van der Waals surface area (Å²) in [4.78, 5) is 2.27. The maximum atomic E-state index is 7.79. The Bertz CT molecular complexity index is 325. The van der Waals surface area contributed by atoms with E-state index in [1.54, 1.807) is 0 Å². The van der Waals surface area contributed by atoms with Crippen molar-refractivity contribution in [3.05, 3.63) is 23.9 Å². The summed E-state index contributed by atoms with van der Waals surface area (Å²) in [6.45, 7) is 2.02. The Balaban J connectivity index is 2.29. The molecule has 1 heterocycles. The third-order valence-corrected chi connectivity index (χ3v) is 3.29. The molecule has 2 aliphatic rings. The van der Waals surface area contributed by atoms with E-state index in [0.717, 1.165) is 18.8 Å². The van der Waals surface area contributed by atoms with E-state index in [2.05, 4.69) is 4.90 Å². The van der Waals surface area contributed by atoms with Gasteiger partial charge < -0.3 is 11.5 Å². The molecule has 4 heteroatoms. The van der Waals surface area contributed by atoms with E-state index in [-0.39, 0.29) is 5.84 Å². The zero-order chi connectivity index (χ0) is 10.9. The minimum atomic E-state index is -0.449. The van der Waals surface area contributed by atoms with Crippen LogP contribution in [0.4, 0.5) is 0 Å². The summed E-state index contributed by atoms with van der Waals surface area (Å²) in [6.07, 6.45) is 8.84. The summed E-state index contributed by atoms with van der Waals surface area (Å²) in [6, 6.07) is 0. The van der Waals surface area contributed by atoms with E-state index in [4.69, 9.17) is 16.9 Å². The van der Waals surface area contributed by atoms with Gasteiger partial charge in [0.25, 0.3) is 0 Å². The standard InChI is InChI=1S/C11H18N4/c12-9-4-3-5-11(8-9,10(13)14)15-6-1-2-7-15/h3-5H,1-2,6-8,12H2,(H3,13,14). The Morgan fingerprint density at radius 3 is 2.60 bits per heavy atom. The molecule has 0 spiro atoms. The van der Waals surface area contributed by atoms with Gasteiger partial charge in [0.15, 0.2) is 0 Å². The molecule has 1 fully saturated rings. The average molecular weight is 206 g/mol. The number of nitrogens with one attached hydrogen (secondary N) is 1.